The zero-order valence-corrected chi connectivity index (χ0v) is 15.9. The van der Waals surface area contributed by atoms with Crippen LogP contribution in [0.5, 0.6) is 0 Å². The van der Waals surface area contributed by atoms with E-state index in [0.717, 1.165) is 37.1 Å². The van der Waals surface area contributed by atoms with Crippen LogP contribution in [0.1, 0.15) is 61.4 Å². The van der Waals surface area contributed by atoms with Crippen LogP contribution in [0.15, 0.2) is 12.1 Å². The lowest BCUT2D eigenvalue weighted by molar-refractivity contribution is -0.0287. The molecule has 146 valence electrons. The number of alkyl halides is 1. The topological polar surface area (TPSA) is 63.9 Å². The SMILES string of the molecule is CC(C)(CCF)C[C@@H]1CN2CCc3cc(CO)c(CO)cc3[C@H]2C[C@H]1O. The number of halogens is 1. The summed E-state index contributed by atoms with van der Waals surface area (Å²) in [5.74, 6) is 0.170. The van der Waals surface area contributed by atoms with Crippen molar-refractivity contribution >= 4 is 0 Å². The van der Waals surface area contributed by atoms with Crippen molar-refractivity contribution in [3.05, 3.63) is 34.4 Å². The minimum Gasteiger partial charge on any atom is -0.393 e. The quantitative estimate of drug-likeness (QED) is 0.725. The highest BCUT2D eigenvalue weighted by Gasteiger charge is 2.40. The fourth-order valence-electron chi connectivity index (χ4n) is 4.80. The van der Waals surface area contributed by atoms with Crippen LogP contribution in [0.4, 0.5) is 4.39 Å². The van der Waals surface area contributed by atoms with E-state index in [1.807, 2.05) is 12.1 Å². The molecule has 2 aliphatic heterocycles. The molecule has 0 saturated carbocycles. The van der Waals surface area contributed by atoms with Crippen LogP contribution >= 0.6 is 0 Å². The largest absolute Gasteiger partial charge is 0.393 e. The van der Waals surface area contributed by atoms with Crippen molar-refractivity contribution in [1.29, 1.82) is 0 Å². The molecule has 0 aliphatic carbocycles. The summed E-state index contributed by atoms with van der Waals surface area (Å²) in [4.78, 5) is 2.44. The highest BCUT2D eigenvalue weighted by atomic mass is 19.1. The highest BCUT2D eigenvalue weighted by molar-refractivity contribution is 5.41. The maximum atomic E-state index is 12.8. The second-order valence-electron chi connectivity index (χ2n) is 8.77. The van der Waals surface area contributed by atoms with E-state index >= 15 is 0 Å². The van der Waals surface area contributed by atoms with Crippen molar-refractivity contribution in [3.63, 3.8) is 0 Å². The van der Waals surface area contributed by atoms with Crippen LogP contribution in [-0.2, 0) is 19.6 Å². The van der Waals surface area contributed by atoms with Crippen molar-refractivity contribution in [2.24, 2.45) is 11.3 Å². The van der Waals surface area contributed by atoms with Gasteiger partial charge in [0.1, 0.15) is 0 Å². The smallest absolute Gasteiger partial charge is 0.0899 e. The van der Waals surface area contributed by atoms with E-state index in [9.17, 15) is 19.7 Å². The molecule has 3 N–H and O–H groups in total. The number of aliphatic hydroxyl groups excluding tert-OH is 3. The average Bonchev–Trinajstić information content (AvgIpc) is 2.60. The first-order valence-corrected chi connectivity index (χ1v) is 9.73. The molecule has 0 amide bonds. The molecule has 1 fully saturated rings. The predicted octanol–water partition coefficient (Wildman–Crippen LogP) is 2.73. The minimum absolute atomic E-state index is 0.0636. The van der Waals surface area contributed by atoms with Crippen molar-refractivity contribution < 1.29 is 19.7 Å². The van der Waals surface area contributed by atoms with E-state index in [0.29, 0.717) is 12.8 Å². The minimum atomic E-state index is -0.392. The average molecular weight is 365 g/mol. The summed E-state index contributed by atoms with van der Waals surface area (Å²) in [7, 11) is 0. The maximum Gasteiger partial charge on any atom is 0.0899 e. The summed E-state index contributed by atoms with van der Waals surface area (Å²) in [6, 6.07) is 4.19. The van der Waals surface area contributed by atoms with E-state index in [-0.39, 0.29) is 37.3 Å². The number of hydrogen-bond donors (Lipinski definition) is 3. The molecule has 0 radical (unpaired) electrons. The molecule has 4 nitrogen and oxygen atoms in total. The summed E-state index contributed by atoms with van der Waals surface area (Å²) in [5.41, 5.74) is 3.87. The third-order valence-electron chi connectivity index (χ3n) is 6.33. The van der Waals surface area contributed by atoms with Gasteiger partial charge in [-0.05, 0) is 59.3 Å². The van der Waals surface area contributed by atoms with E-state index in [2.05, 4.69) is 18.7 Å². The number of fused-ring (bicyclic) bond motifs is 3. The van der Waals surface area contributed by atoms with Gasteiger partial charge in [-0.1, -0.05) is 26.0 Å². The Morgan fingerprint density at radius 3 is 2.54 bits per heavy atom. The van der Waals surface area contributed by atoms with Gasteiger partial charge < -0.3 is 15.3 Å². The first kappa shape index (κ1) is 19.7. The van der Waals surface area contributed by atoms with E-state index in [1.54, 1.807) is 0 Å². The number of benzene rings is 1. The Kier molecular flexibility index (Phi) is 6.02. The maximum absolute atomic E-state index is 12.8. The highest BCUT2D eigenvalue weighted by Crippen LogP contribution is 2.42. The standard InChI is InChI=1S/C21H32FNO3/c1-21(2,4-5-22)10-17-11-23-6-3-14-7-15(12-24)16(13-25)8-18(14)19(23)9-20(17)26/h7-8,17,19-20,24-26H,3-6,9-13H2,1-2H3/t17-,19-,20-/m1/s1. The zero-order chi connectivity index (χ0) is 18.9. The van der Waals surface area contributed by atoms with Gasteiger partial charge in [0, 0.05) is 19.1 Å². The van der Waals surface area contributed by atoms with Crippen LogP contribution in [0, 0.1) is 11.3 Å². The first-order chi connectivity index (χ1) is 12.4. The fourth-order valence-corrected chi connectivity index (χ4v) is 4.80. The van der Waals surface area contributed by atoms with Crippen molar-refractivity contribution in [2.45, 2.75) is 64.9 Å². The lowest BCUT2D eigenvalue weighted by Crippen LogP contribution is -2.49. The number of piperidine rings is 1. The van der Waals surface area contributed by atoms with Crippen molar-refractivity contribution in [3.8, 4) is 0 Å². The molecule has 26 heavy (non-hydrogen) atoms. The molecular weight excluding hydrogens is 333 g/mol. The number of rotatable bonds is 6. The summed E-state index contributed by atoms with van der Waals surface area (Å²) in [6.45, 7) is 5.48. The summed E-state index contributed by atoms with van der Waals surface area (Å²) >= 11 is 0. The van der Waals surface area contributed by atoms with Gasteiger partial charge in [0.25, 0.3) is 0 Å². The summed E-state index contributed by atoms with van der Waals surface area (Å²) < 4.78 is 12.8. The van der Waals surface area contributed by atoms with Gasteiger partial charge in [-0.25, -0.2) is 0 Å². The molecule has 5 heteroatoms. The Bertz CT molecular complexity index is 634. The first-order valence-electron chi connectivity index (χ1n) is 9.73. The molecule has 3 atom stereocenters. The Morgan fingerprint density at radius 2 is 1.88 bits per heavy atom. The number of hydrogen-bond acceptors (Lipinski definition) is 4. The third kappa shape index (κ3) is 3.96. The molecule has 2 heterocycles. The van der Waals surface area contributed by atoms with Crippen LogP contribution in [-0.4, -0.2) is 46.1 Å². The molecule has 0 aromatic heterocycles. The van der Waals surface area contributed by atoms with Gasteiger partial charge in [-0.15, -0.1) is 0 Å². The molecule has 3 rings (SSSR count). The van der Waals surface area contributed by atoms with Crippen LogP contribution < -0.4 is 0 Å². The molecule has 0 spiro atoms. The number of nitrogens with zero attached hydrogens (tertiary/aromatic N) is 1. The van der Waals surface area contributed by atoms with Gasteiger partial charge in [-0.2, -0.15) is 0 Å². The Balaban J connectivity index is 1.80. The Hall–Kier alpha value is -1.01. The molecule has 0 unspecified atom stereocenters. The van der Waals surface area contributed by atoms with E-state index in [4.69, 9.17) is 0 Å². The van der Waals surface area contributed by atoms with Crippen LogP contribution in [0.3, 0.4) is 0 Å². The van der Waals surface area contributed by atoms with E-state index in [1.165, 1.54) is 11.1 Å². The number of aliphatic hydroxyl groups is 3. The second kappa shape index (κ2) is 7.93. The molecule has 1 saturated heterocycles. The molecule has 0 bridgehead atoms. The van der Waals surface area contributed by atoms with Crippen molar-refractivity contribution in [1.82, 2.24) is 4.90 Å². The molecule has 1 aromatic rings. The third-order valence-corrected chi connectivity index (χ3v) is 6.33. The predicted molar refractivity (Wildman–Crippen MR) is 99.4 cm³/mol. The lowest BCUT2D eigenvalue weighted by atomic mass is 9.73. The molecule has 1 aromatic carbocycles. The molecule has 2 aliphatic rings. The lowest BCUT2D eigenvalue weighted by Gasteiger charge is -2.47. The Labute approximate surface area is 155 Å². The van der Waals surface area contributed by atoms with Gasteiger partial charge in [-0.3, -0.25) is 9.29 Å². The fraction of sp³-hybridized carbons (Fsp3) is 0.714. The van der Waals surface area contributed by atoms with Gasteiger partial charge >= 0.3 is 0 Å². The zero-order valence-electron chi connectivity index (χ0n) is 15.9. The summed E-state index contributed by atoms with van der Waals surface area (Å²) in [6.07, 6.45) is 2.57. The summed E-state index contributed by atoms with van der Waals surface area (Å²) in [5, 5.41) is 29.9. The van der Waals surface area contributed by atoms with Crippen LogP contribution in [0.25, 0.3) is 0 Å². The normalized spacial score (nSPS) is 26.5. The Morgan fingerprint density at radius 1 is 1.19 bits per heavy atom. The van der Waals surface area contributed by atoms with E-state index < -0.39 is 6.10 Å². The molecular formula is C21H32FNO3. The van der Waals surface area contributed by atoms with Gasteiger partial charge in [0.2, 0.25) is 0 Å². The monoisotopic (exact) mass is 365 g/mol. The van der Waals surface area contributed by atoms with Crippen LogP contribution in [0.2, 0.25) is 0 Å². The second-order valence-corrected chi connectivity index (χ2v) is 8.77. The van der Waals surface area contributed by atoms with Crippen molar-refractivity contribution in [2.75, 3.05) is 19.8 Å². The van der Waals surface area contributed by atoms with Gasteiger partial charge in [0.15, 0.2) is 0 Å². The van der Waals surface area contributed by atoms with Gasteiger partial charge in [0.05, 0.1) is 26.0 Å².